The van der Waals surface area contributed by atoms with Crippen LogP contribution in [0.2, 0.25) is 0 Å². The maximum Gasteiger partial charge on any atom is 0.335 e. The van der Waals surface area contributed by atoms with Gasteiger partial charge in [-0.2, -0.15) is 0 Å². The molecule has 1 heterocycles. The number of ether oxygens (including phenoxy) is 2. The summed E-state index contributed by atoms with van der Waals surface area (Å²) in [6.07, 6.45) is -6.21. The van der Waals surface area contributed by atoms with Gasteiger partial charge in [-0.05, 0) is 13.8 Å². The van der Waals surface area contributed by atoms with Crippen molar-refractivity contribution in [1.29, 1.82) is 0 Å². The van der Waals surface area contributed by atoms with Gasteiger partial charge in [0.15, 0.2) is 12.4 Å². The number of nitrogens with one attached hydrogen (secondary N) is 1. The third kappa shape index (κ3) is 3.87. The number of carbonyl (C=O) groups excluding carboxylic acids is 1. The molecule has 0 aromatic heterocycles. The summed E-state index contributed by atoms with van der Waals surface area (Å²) >= 11 is 0. The van der Waals surface area contributed by atoms with E-state index in [1.807, 2.05) is 0 Å². The number of aliphatic hydroxyl groups excluding tert-OH is 2. The number of hydrogen-bond acceptors (Lipinski definition) is 6. The molecule has 1 aliphatic rings. The quantitative estimate of drug-likeness (QED) is 0.490. The molecule has 8 heteroatoms. The Labute approximate surface area is 110 Å². The van der Waals surface area contributed by atoms with E-state index in [0.717, 1.165) is 0 Å². The van der Waals surface area contributed by atoms with Gasteiger partial charge in [0.2, 0.25) is 5.91 Å². The number of rotatable bonds is 4. The fourth-order valence-electron chi connectivity index (χ4n) is 1.84. The van der Waals surface area contributed by atoms with E-state index in [1.54, 1.807) is 13.8 Å². The first-order valence-corrected chi connectivity index (χ1v) is 5.91. The van der Waals surface area contributed by atoms with Gasteiger partial charge < -0.3 is 30.1 Å². The zero-order chi connectivity index (χ0) is 14.7. The molecule has 5 atom stereocenters. The Kier molecular flexibility index (Phi) is 5.24. The smallest absolute Gasteiger partial charge is 0.335 e. The molecule has 0 saturated carbocycles. The molecule has 1 rings (SSSR count). The molecule has 0 unspecified atom stereocenters. The number of carboxylic acid groups (broad SMARTS) is 1. The lowest BCUT2D eigenvalue weighted by Crippen LogP contribution is -2.65. The lowest BCUT2D eigenvalue weighted by molar-refractivity contribution is -0.272. The van der Waals surface area contributed by atoms with Crippen molar-refractivity contribution in [2.45, 2.75) is 57.5 Å². The highest BCUT2D eigenvalue weighted by molar-refractivity contribution is 5.74. The van der Waals surface area contributed by atoms with Crippen LogP contribution in [0, 0.1) is 0 Å². The van der Waals surface area contributed by atoms with E-state index >= 15 is 0 Å². The van der Waals surface area contributed by atoms with E-state index in [1.165, 1.54) is 6.92 Å². The van der Waals surface area contributed by atoms with Crippen LogP contribution < -0.4 is 5.32 Å². The second-order valence-electron chi connectivity index (χ2n) is 4.66. The summed E-state index contributed by atoms with van der Waals surface area (Å²) in [6.45, 7) is 4.62. The van der Waals surface area contributed by atoms with E-state index in [9.17, 15) is 19.8 Å². The summed E-state index contributed by atoms with van der Waals surface area (Å²) in [6, 6.07) is -1.04. The van der Waals surface area contributed by atoms with Crippen molar-refractivity contribution in [2.24, 2.45) is 0 Å². The lowest BCUT2D eigenvalue weighted by atomic mass is 9.96. The third-order valence-corrected chi connectivity index (χ3v) is 2.62. The molecule has 1 fully saturated rings. The van der Waals surface area contributed by atoms with Crippen LogP contribution in [0.4, 0.5) is 0 Å². The van der Waals surface area contributed by atoms with Crippen molar-refractivity contribution in [3.63, 3.8) is 0 Å². The predicted octanol–water partition coefficient (Wildman–Crippen LogP) is -1.55. The largest absolute Gasteiger partial charge is 0.479 e. The van der Waals surface area contributed by atoms with Crippen LogP contribution >= 0.6 is 0 Å². The van der Waals surface area contributed by atoms with E-state index in [4.69, 9.17) is 14.6 Å². The van der Waals surface area contributed by atoms with Crippen molar-refractivity contribution >= 4 is 11.9 Å². The Morgan fingerprint density at radius 2 is 1.84 bits per heavy atom. The predicted molar refractivity (Wildman–Crippen MR) is 62.1 cm³/mol. The molecule has 0 aromatic rings. The van der Waals surface area contributed by atoms with Gasteiger partial charge in [0.1, 0.15) is 18.2 Å². The minimum Gasteiger partial charge on any atom is -0.479 e. The molecule has 1 aliphatic heterocycles. The molecule has 0 aromatic carbocycles. The van der Waals surface area contributed by atoms with Crippen molar-refractivity contribution in [1.82, 2.24) is 5.32 Å². The first kappa shape index (κ1) is 15.8. The summed E-state index contributed by atoms with van der Waals surface area (Å²) in [7, 11) is 0. The van der Waals surface area contributed by atoms with Gasteiger partial charge in [-0.1, -0.05) is 0 Å². The van der Waals surface area contributed by atoms with Crippen LogP contribution in [0.1, 0.15) is 20.8 Å². The average Bonchev–Trinajstić information content (AvgIpc) is 2.27. The van der Waals surface area contributed by atoms with Crippen LogP contribution in [-0.2, 0) is 19.1 Å². The van der Waals surface area contributed by atoms with Gasteiger partial charge in [-0.3, -0.25) is 4.79 Å². The summed E-state index contributed by atoms with van der Waals surface area (Å²) < 4.78 is 10.4. The highest BCUT2D eigenvalue weighted by Crippen LogP contribution is 2.23. The fourth-order valence-corrected chi connectivity index (χ4v) is 1.84. The molecule has 0 spiro atoms. The summed E-state index contributed by atoms with van der Waals surface area (Å²) in [5, 5.41) is 30.9. The number of carboxylic acids is 1. The molecular weight excluding hydrogens is 258 g/mol. The van der Waals surface area contributed by atoms with Crippen LogP contribution in [0.15, 0.2) is 0 Å². The first-order valence-electron chi connectivity index (χ1n) is 5.91. The topological polar surface area (TPSA) is 125 Å². The Bertz CT molecular complexity index is 346. The number of aliphatic carboxylic acids is 1. The minimum atomic E-state index is -1.65. The molecule has 0 bridgehead atoms. The fraction of sp³-hybridized carbons (Fsp3) is 0.818. The van der Waals surface area contributed by atoms with E-state index < -0.39 is 42.5 Å². The van der Waals surface area contributed by atoms with E-state index in [2.05, 4.69) is 5.32 Å². The molecule has 0 aliphatic carbocycles. The highest BCUT2D eigenvalue weighted by atomic mass is 16.7. The SMILES string of the molecule is CC(=O)N[C@H]1[C@H](OC(C)C)O[C@H](C(=O)O)[C@@H](O)[C@@H]1O. The number of carbonyl (C=O) groups is 2. The van der Waals surface area contributed by atoms with Crippen LogP contribution in [-0.4, -0.2) is 63.9 Å². The Hall–Kier alpha value is -1.22. The van der Waals surface area contributed by atoms with E-state index in [0.29, 0.717) is 0 Å². The van der Waals surface area contributed by atoms with Gasteiger partial charge >= 0.3 is 5.97 Å². The number of hydrogen-bond donors (Lipinski definition) is 4. The van der Waals surface area contributed by atoms with Gasteiger partial charge in [0, 0.05) is 6.92 Å². The molecule has 110 valence electrons. The van der Waals surface area contributed by atoms with E-state index in [-0.39, 0.29) is 6.10 Å². The Morgan fingerprint density at radius 1 is 1.26 bits per heavy atom. The van der Waals surface area contributed by atoms with Gasteiger partial charge in [0.05, 0.1) is 6.10 Å². The molecule has 0 radical (unpaired) electrons. The van der Waals surface area contributed by atoms with Crippen LogP contribution in [0.5, 0.6) is 0 Å². The molecular formula is C11H19NO7. The Morgan fingerprint density at radius 3 is 2.26 bits per heavy atom. The normalized spacial score (nSPS) is 35.2. The zero-order valence-corrected chi connectivity index (χ0v) is 10.9. The summed E-state index contributed by atoms with van der Waals surface area (Å²) in [5.41, 5.74) is 0. The second kappa shape index (κ2) is 6.29. The molecule has 1 amide bonds. The highest BCUT2D eigenvalue weighted by Gasteiger charge is 2.48. The minimum absolute atomic E-state index is 0.307. The monoisotopic (exact) mass is 277 g/mol. The number of aliphatic hydroxyl groups is 2. The maximum atomic E-state index is 11.1. The van der Waals surface area contributed by atoms with Crippen molar-refractivity contribution in [2.75, 3.05) is 0 Å². The molecule has 4 N–H and O–H groups in total. The zero-order valence-electron chi connectivity index (χ0n) is 10.9. The average molecular weight is 277 g/mol. The summed E-state index contributed by atoms with van der Waals surface area (Å²) in [4.78, 5) is 22.0. The van der Waals surface area contributed by atoms with Gasteiger partial charge in [-0.25, -0.2) is 4.79 Å². The van der Waals surface area contributed by atoms with Crippen LogP contribution in [0.25, 0.3) is 0 Å². The molecule has 8 nitrogen and oxygen atoms in total. The third-order valence-electron chi connectivity index (χ3n) is 2.62. The lowest BCUT2D eigenvalue weighted by Gasteiger charge is -2.41. The standard InChI is InChI=1S/C11H19NO7/c1-4(2)18-11-6(12-5(3)13)7(14)8(15)9(19-11)10(16)17/h4,6-9,11,14-15H,1-3H3,(H,12,13)(H,16,17)/t6-,7-,8+,9+,11-/m1/s1. The van der Waals surface area contributed by atoms with Crippen molar-refractivity contribution < 1.29 is 34.4 Å². The first-order chi connectivity index (χ1) is 8.73. The Balaban J connectivity index is 2.92. The second-order valence-corrected chi connectivity index (χ2v) is 4.66. The van der Waals surface area contributed by atoms with Crippen molar-refractivity contribution in [3.8, 4) is 0 Å². The molecule has 1 saturated heterocycles. The molecule has 19 heavy (non-hydrogen) atoms. The number of amides is 1. The van der Waals surface area contributed by atoms with Crippen molar-refractivity contribution in [3.05, 3.63) is 0 Å². The van der Waals surface area contributed by atoms with Gasteiger partial charge in [0.25, 0.3) is 0 Å². The van der Waals surface area contributed by atoms with Crippen LogP contribution in [0.3, 0.4) is 0 Å². The summed E-state index contributed by atoms with van der Waals surface area (Å²) in [5.74, 6) is -1.86. The maximum absolute atomic E-state index is 11.1. The van der Waals surface area contributed by atoms with Gasteiger partial charge in [-0.15, -0.1) is 0 Å².